The first-order valence-corrected chi connectivity index (χ1v) is 5.96. The van der Waals surface area contributed by atoms with Crippen LogP contribution in [0.15, 0.2) is 0 Å². The highest BCUT2D eigenvalue weighted by Gasteiger charge is 2.37. The molecule has 0 aromatic heterocycles. The van der Waals surface area contributed by atoms with Crippen LogP contribution in [0.25, 0.3) is 0 Å². The molecule has 2 nitrogen and oxygen atoms in total. The Morgan fingerprint density at radius 2 is 2.00 bits per heavy atom. The maximum absolute atomic E-state index is 8.75. The van der Waals surface area contributed by atoms with E-state index in [4.69, 9.17) is 5.26 Å². The minimum absolute atomic E-state index is 0.533. The molecular weight excluding hydrogens is 172 g/mol. The van der Waals surface area contributed by atoms with Crippen molar-refractivity contribution in [3.8, 4) is 6.07 Å². The molecular formula is C12H20N2. The minimum Gasteiger partial charge on any atom is -0.299 e. The van der Waals surface area contributed by atoms with Gasteiger partial charge in [-0.15, -0.1) is 0 Å². The zero-order valence-electron chi connectivity index (χ0n) is 9.08. The van der Waals surface area contributed by atoms with Crippen LogP contribution in [0.5, 0.6) is 0 Å². The molecule has 0 amide bonds. The smallest absolute Gasteiger partial charge is 0.0638 e. The Balaban J connectivity index is 1.91. The van der Waals surface area contributed by atoms with E-state index in [2.05, 4.69) is 17.9 Å². The molecule has 78 valence electrons. The zero-order valence-corrected chi connectivity index (χ0v) is 9.08. The van der Waals surface area contributed by atoms with Crippen LogP contribution in [-0.4, -0.2) is 24.0 Å². The Morgan fingerprint density at radius 1 is 1.36 bits per heavy atom. The second-order valence-corrected chi connectivity index (χ2v) is 4.83. The van der Waals surface area contributed by atoms with Gasteiger partial charge in [0.1, 0.15) is 0 Å². The fourth-order valence-corrected chi connectivity index (χ4v) is 3.21. The van der Waals surface area contributed by atoms with E-state index in [0.717, 1.165) is 24.7 Å². The summed E-state index contributed by atoms with van der Waals surface area (Å²) in [7, 11) is 0. The SMILES string of the molecule is CCC(CC#N)N1CC2CCCC2C1. The third kappa shape index (κ3) is 1.79. The van der Waals surface area contributed by atoms with Crippen molar-refractivity contribution in [1.82, 2.24) is 4.90 Å². The Morgan fingerprint density at radius 3 is 2.50 bits per heavy atom. The summed E-state index contributed by atoms with van der Waals surface area (Å²) in [6.45, 7) is 4.74. The largest absolute Gasteiger partial charge is 0.299 e. The molecule has 1 saturated carbocycles. The predicted octanol–water partition coefficient (Wildman–Crippen LogP) is 2.41. The van der Waals surface area contributed by atoms with E-state index in [1.807, 2.05) is 0 Å². The molecule has 0 N–H and O–H groups in total. The third-order valence-corrected chi connectivity index (χ3v) is 4.07. The lowest BCUT2D eigenvalue weighted by atomic mass is 10.0. The molecule has 1 aliphatic heterocycles. The average Bonchev–Trinajstić information content (AvgIpc) is 2.73. The van der Waals surface area contributed by atoms with Crippen molar-refractivity contribution in [2.75, 3.05) is 13.1 Å². The number of rotatable bonds is 3. The van der Waals surface area contributed by atoms with Crippen molar-refractivity contribution in [2.24, 2.45) is 11.8 Å². The number of nitriles is 1. The van der Waals surface area contributed by atoms with E-state index >= 15 is 0 Å². The molecule has 1 saturated heterocycles. The molecule has 1 aliphatic carbocycles. The van der Waals surface area contributed by atoms with Gasteiger partial charge in [-0.3, -0.25) is 4.90 Å². The van der Waals surface area contributed by atoms with Crippen molar-refractivity contribution >= 4 is 0 Å². The number of hydrogen-bond acceptors (Lipinski definition) is 2. The molecule has 3 unspecified atom stereocenters. The average molecular weight is 192 g/mol. The van der Waals surface area contributed by atoms with E-state index in [-0.39, 0.29) is 0 Å². The molecule has 0 spiro atoms. The van der Waals surface area contributed by atoms with Gasteiger partial charge >= 0.3 is 0 Å². The molecule has 14 heavy (non-hydrogen) atoms. The molecule has 0 aromatic carbocycles. The lowest BCUT2D eigenvalue weighted by Gasteiger charge is -2.25. The maximum Gasteiger partial charge on any atom is 0.0638 e. The highest BCUT2D eigenvalue weighted by molar-refractivity contribution is 4.93. The first-order valence-electron chi connectivity index (χ1n) is 5.96. The summed E-state index contributed by atoms with van der Waals surface area (Å²) >= 11 is 0. The second-order valence-electron chi connectivity index (χ2n) is 4.83. The van der Waals surface area contributed by atoms with Gasteiger partial charge in [-0.1, -0.05) is 13.3 Å². The molecule has 2 heteroatoms. The van der Waals surface area contributed by atoms with E-state index in [0.29, 0.717) is 6.04 Å². The first-order chi connectivity index (χ1) is 6.85. The summed E-state index contributed by atoms with van der Waals surface area (Å²) in [5.74, 6) is 1.92. The van der Waals surface area contributed by atoms with Gasteiger partial charge in [0.15, 0.2) is 0 Å². The van der Waals surface area contributed by atoms with Crippen LogP contribution in [0.2, 0.25) is 0 Å². The van der Waals surface area contributed by atoms with Crippen molar-refractivity contribution in [1.29, 1.82) is 5.26 Å². The monoisotopic (exact) mass is 192 g/mol. The Kier molecular flexibility index (Phi) is 3.08. The topological polar surface area (TPSA) is 27.0 Å². The second kappa shape index (κ2) is 4.31. The van der Waals surface area contributed by atoms with E-state index in [9.17, 15) is 0 Å². The molecule has 2 rings (SSSR count). The van der Waals surface area contributed by atoms with Crippen LogP contribution in [0.3, 0.4) is 0 Å². The van der Waals surface area contributed by atoms with Gasteiger partial charge in [0, 0.05) is 19.1 Å². The molecule has 2 aliphatic rings. The molecule has 2 fully saturated rings. The molecule has 0 radical (unpaired) electrons. The van der Waals surface area contributed by atoms with Crippen LogP contribution in [0.1, 0.15) is 39.0 Å². The van der Waals surface area contributed by atoms with Gasteiger partial charge in [-0.25, -0.2) is 0 Å². The van der Waals surface area contributed by atoms with E-state index in [1.54, 1.807) is 0 Å². The van der Waals surface area contributed by atoms with Crippen molar-refractivity contribution < 1.29 is 0 Å². The van der Waals surface area contributed by atoms with Crippen LogP contribution in [0, 0.1) is 23.2 Å². The fourth-order valence-electron chi connectivity index (χ4n) is 3.21. The van der Waals surface area contributed by atoms with Crippen LogP contribution >= 0.6 is 0 Å². The van der Waals surface area contributed by atoms with Gasteiger partial charge in [0.05, 0.1) is 12.5 Å². The van der Waals surface area contributed by atoms with E-state index in [1.165, 1.54) is 32.4 Å². The fraction of sp³-hybridized carbons (Fsp3) is 0.917. The van der Waals surface area contributed by atoms with Crippen molar-refractivity contribution in [3.05, 3.63) is 0 Å². The molecule has 3 atom stereocenters. The number of likely N-dealkylation sites (tertiary alicyclic amines) is 1. The number of nitrogens with zero attached hydrogens (tertiary/aromatic N) is 2. The van der Waals surface area contributed by atoms with Crippen molar-refractivity contribution in [2.45, 2.75) is 45.1 Å². The van der Waals surface area contributed by atoms with Gasteiger partial charge in [-0.2, -0.15) is 5.26 Å². The number of fused-ring (bicyclic) bond motifs is 1. The van der Waals surface area contributed by atoms with Gasteiger partial charge in [-0.05, 0) is 31.1 Å². The highest BCUT2D eigenvalue weighted by atomic mass is 15.2. The summed E-state index contributed by atoms with van der Waals surface area (Å²) in [5.41, 5.74) is 0. The highest BCUT2D eigenvalue weighted by Crippen LogP contribution is 2.38. The Labute approximate surface area is 86.9 Å². The quantitative estimate of drug-likeness (QED) is 0.686. The van der Waals surface area contributed by atoms with Crippen LogP contribution in [-0.2, 0) is 0 Å². The molecule has 0 aromatic rings. The zero-order chi connectivity index (χ0) is 9.97. The standard InChI is InChI=1S/C12H20N2/c1-2-12(6-7-13)14-8-10-4-3-5-11(10)9-14/h10-12H,2-6,8-9H2,1H3. The summed E-state index contributed by atoms with van der Waals surface area (Å²) in [6.07, 6.45) is 6.16. The minimum atomic E-state index is 0.533. The molecule has 1 heterocycles. The summed E-state index contributed by atoms with van der Waals surface area (Å²) in [5, 5.41) is 8.75. The Bertz CT molecular complexity index is 219. The summed E-state index contributed by atoms with van der Waals surface area (Å²) in [4.78, 5) is 2.57. The van der Waals surface area contributed by atoms with Gasteiger partial charge in [0.2, 0.25) is 0 Å². The normalized spacial score (nSPS) is 34.0. The van der Waals surface area contributed by atoms with Crippen molar-refractivity contribution in [3.63, 3.8) is 0 Å². The number of hydrogen-bond donors (Lipinski definition) is 0. The lowest BCUT2D eigenvalue weighted by Crippen LogP contribution is -2.33. The predicted molar refractivity (Wildman–Crippen MR) is 56.7 cm³/mol. The maximum atomic E-state index is 8.75. The van der Waals surface area contributed by atoms with E-state index < -0.39 is 0 Å². The lowest BCUT2D eigenvalue weighted by molar-refractivity contribution is 0.221. The molecule has 0 bridgehead atoms. The first kappa shape index (κ1) is 9.98. The van der Waals surface area contributed by atoms with Gasteiger partial charge in [0.25, 0.3) is 0 Å². The van der Waals surface area contributed by atoms with Crippen LogP contribution < -0.4 is 0 Å². The van der Waals surface area contributed by atoms with Gasteiger partial charge < -0.3 is 0 Å². The van der Waals surface area contributed by atoms with Crippen LogP contribution in [0.4, 0.5) is 0 Å². The third-order valence-electron chi connectivity index (χ3n) is 4.07. The summed E-state index contributed by atoms with van der Waals surface area (Å²) in [6, 6.07) is 2.85. The Hall–Kier alpha value is -0.550. The summed E-state index contributed by atoms with van der Waals surface area (Å²) < 4.78 is 0.